The van der Waals surface area contributed by atoms with E-state index in [2.05, 4.69) is 0 Å². The molecule has 1 aromatic rings. The van der Waals surface area contributed by atoms with E-state index in [0.717, 1.165) is 12.1 Å². The standard InChI is InChI=1S/C14H18F3NO2/c1-3-20-13(19)7-8-18(2)10-11-5-4-6-12(9-11)14(15,16)17/h4-6,9H,3,7-8,10H2,1-2H3. The molecule has 0 saturated carbocycles. The molecule has 0 amide bonds. The monoisotopic (exact) mass is 289 g/mol. The zero-order valence-corrected chi connectivity index (χ0v) is 11.5. The minimum atomic E-state index is -4.33. The Bertz CT molecular complexity index is 446. The number of halogens is 3. The molecule has 0 aliphatic carbocycles. The molecule has 0 radical (unpaired) electrons. The number of alkyl halides is 3. The van der Waals surface area contributed by atoms with E-state index in [-0.39, 0.29) is 12.4 Å². The van der Waals surface area contributed by atoms with Crippen molar-refractivity contribution >= 4 is 5.97 Å². The van der Waals surface area contributed by atoms with Gasteiger partial charge >= 0.3 is 12.1 Å². The largest absolute Gasteiger partial charge is 0.466 e. The zero-order chi connectivity index (χ0) is 15.2. The SMILES string of the molecule is CCOC(=O)CCN(C)Cc1cccc(C(F)(F)F)c1. The minimum absolute atomic E-state index is 0.225. The number of carbonyl (C=O) groups excluding carboxylic acids is 1. The van der Waals surface area contributed by atoms with Gasteiger partial charge in [0.05, 0.1) is 18.6 Å². The fourth-order valence-electron chi connectivity index (χ4n) is 1.75. The summed E-state index contributed by atoms with van der Waals surface area (Å²) in [5.41, 5.74) is -0.0972. The van der Waals surface area contributed by atoms with Crippen molar-refractivity contribution in [1.29, 1.82) is 0 Å². The summed E-state index contributed by atoms with van der Waals surface area (Å²) in [6.07, 6.45) is -4.11. The summed E-state index contributed by atoms with van der Waals surface area (Å²) >= 11 is 0. The van der Waals surface area contributed by atoms with Crippen LogP contribution in [0.4, 0.5) is 13.2 Å². The molecule has 0 bridgehead atoms. The Labute approximate surface area is 116 Å². The quantitative estimate of drug-likeness (QED) is 0.754. The highest BCUT2D eigenvalue weighted by Gasteiger charge is 2.30. The van der Waals surface area contributed by atoms with E-state index in [1.165, 1.54) is 6.07 Å². The highest BCUT2D eigenvalue weighted by molar-refractivity contribution is 5.69. The molecule has 0 aliphatic rings. The summed E-state index contributed by atoms with van der Waals surface area (Å²) in [6.45, 7) is 2.85. The van der Waals surface area contributed by atoms with Gasteiger partial charge in [0.1, 0.15) is 0 Å². The number of nitrogens with zero attached hydrogens (tertiary/aromatic N) is 1. The van der Waals surface area contributed by atoms with Gasteiger partial charge in [0.15, 0.2) is 0 Å². The third kappa shape index (κ3) is 5.61. The van der Waals surface area contributed by atoms with Crippen LogP contribution in [0.1, 0.15) is 24.5 Å². The Kier molecular flexibility index (Phi) is 6.01. The number of hydrogen-bond acceptors (Lipinski definition) is 3. The van der Waals surface area contributed by atoms with Crippen LogP contribution in [0, 0.1) is 0 Å². The lowest BCUT2D eigenvalue weighted by molar-refractivity contribution is -0.143. The van der Waals surface area contributed by atoms with E-state index in [0.29, 0.717) is 25.3 Å². The number of hydrogen-bond donors (Lipinski definition) is 0. The van der Waals surface area contributed by atoms with Crippen molar-refractivity contribution < 1.29 is 22.7 Å². The molecule has 0 aromatic heterocycles. The Morgan fingerprint density at radius 1 is 1.35 bits per heavy atom. The summed E-state index contributed by atoms with van der Waals surface area (Å²) in [7, 11) is 1.75. The second kappa shape index (κ2) is 7.28. The van der Waals surface area contributed by atoms with Crippen molar-refractivity contribution in [2.24, 2.45) is 0 Å². The first-order valence-corrected chi connectivity index (χ1v) is 6.33. The third-order valence-corrected chi connectivity index (χ3v) is 2.71. The van der Waals surface area contributed by atoms with Crippen molar-refractivity contribution in [2.75, 3.05) is 20.2 Å². The first-order valence-electron chi connectivity index (χ1n) is 6.33. The fourth-order valence-corrected chi connectivity index (χ4v) is 1.75. The van der Waals surface area contributed by atoms with Crippen molar-refractivity contribution in [3.8, 4) is 0 Å². The van der Waals surface area contributed by atoms with E-state index in [4.69, 9.17) is 4.74 Å². The topological polar surface area (TPSA) is 29.5 Å². The summed E-state index contributed by atoms with van der Waals surface area (Å²) < 4.78 is 42.5. The molecule has 6 heteroatoms. The van der Waals surface area contributed by atoms with Gasteiger partial charge in [-0.3, -0.25) is 4.79 Å². The lowest BCUT2D eigenvalue weighted by Gasteiger charge is -2.17. The van der Waals surface area contributed by atoms with Gasteiger partial charge in [-0.25, -0.2) is 0 Å². The van der Waals surface area contributed by atoms with Gasteiger partial charge in [-0.15, -0.1) is 0 Å². The van der Waals surface area contributed by atoms with Crippen molar-refractivity contribution in [3.05, 3.63) is 35.4 Å². The van der Waals surface area contributed by atoms with Gasteiger partial charge in [0.2, 0.25) is 0 Å². The summed E-state index contributed by atoms with van der Waals surface area (Å²) in [4.78, 5) is 13.0. The molecule has 0 N–H and O–H groups in total. The first-order chi connectivity index (χ1) is 9.32. The molecular formula is C14H18F3NO2. The van der Waals surface area contributed by atoms with E-state index in [1.807, 2.05) is 0 Å². The van der Waals surface area contributed by atoms with Crippen LogP contribution in [0.15, 0.2) is 24.3 Å². The second-order valence-electron chi connectivity index (χ2n) is 4.49. The number of esters is 1. The third-order valence-electron chi connectivity index (χ3n) is 2.71. The summed E-state index contributed by atoms with van der Waals surface area (Å²) in [5, 5.41) is 0. The first kappa shape index (κ1) is 16.5. The smallest absolute Gasteiger partial charge is 0.416 e. The van der Waals surface area contributed by atoms with Crippen LogP contribution >= 0.6 is 0 Å². The minimum Gasteiger partial charge on any atom is -0.466 e. The van der Waals surface area contributed by atoms with Crippen LogP contribution in [0.2, 0.25) is 0 Å². The predicted octanol–water partition coefficient (Wildman–Crippen LogP) is 3.09. The maximum absolute atomic E-state index is 12.6. The molecule has 112 valence electrons. The molecular weight excluding hydrogens is 271 g/mol. The molecule has 0 heterocycles. The highest BCUT2D eigenvalue weighted by atomic mass is 19.4. The molecule has 0 atom stereocenters. The maximum Gasteiger partial charge on any atom is 0.416 e. The second-order valence-corrected chi connectivity index (χ2v) is 4.49. The van der Waals surface area contributed by atoms with Gasteiger partial charge in [0.25, 0.3) is 0 Å². The molecule has 1 rings (SSSR count). The van der Waals surface area contributed by atoms with Crippen molar-refractivity contribution in [2.45, 2.75) is 26.1 Å². The normalized spacial score (nSPS) is 11.7. The van der Waals surface area contributed by atoms with Crippen molar-refractivity contribution in [1.82, 2.24) is 4.90 Å². The fraction of sp³-hybridized carbons (Fsp3) is 0.500. The summed E-state index contributed by atoms with van der Waals surface area (Å²) in [5.74, 6) is -0.302. The molecule has 0 spiro atoms. The molecule has 0 fully saturated rings. The number of carbonyl (C=O) groups is 1. The average molecular weight is 289 g/mol. The van der Waals surface area contributed by atoms with Crippen LogP contribution < -0.4 is 0 Å². The molecule has 0 saturated heterocycles. The van der Waals surface area contributed by atoms with Gasteiger partial charge in [-0.1, -0.05) is 18.2 Å². The van der Waals surface area contributed by atoms with Crippen LogP contribution in [0.3, 0.4) is 0 Å². The van der Waals surface area contributed by atoms with Gasteiger partial charge in [-0.2, -0.15) is 13.2 Å². The molecule has 0 unspecified atom stereocenters. The maximum atomic E-state index is 12.6. The molecule has 3 nitrogen and oxygen atoms in total. The molecule has 1 aromatic carbocycles. The molecule has 20 heavy (non-hydrogen) atoms. The van der Waals surface area contributed by atoms with Gasteiger partial charge in [-0.05, 0) is 25.6 Å². The Hall–Kier alpha value is -1.56. The molecule has 0 aliphatic heterocycles. The van der Waals surface area contributed by atoms with Gasteiger partial charge in [0, 0.05) is 13.1 Å². The van der Waals surface area contributed by atoms with Crippen LogP contribution in [-0.4, -0.2) is 31.1 Å². The lowest BCUT2D eigenvalue weighted by Crippen LogP contribution is -2.22. The van der Waals surface area contributed by atoms with Gasteiger partial charge < -0.3 is 9.64 Å². The highest BCUT2D eigenvalue weighted by Crippen LogP contribution is 2.29. The predicted molar refractivity (Wildman–Crippen MR) is 69.0 cm³/mol. The van der Waals surface area contributed by atoms with Crippen LogP contribution in [0.5, 0.6) is 0 Å². The number of benzene rings is 1. The zero-order valence-electron chi connectivity index (χ0n) is 11.5. The van der Waals surface area contributed by atoms with E-state index >= 15 is 0 Å². The van der Waals surface area contributed by atoms with E-state index < -0.39 is 11.7 Å². The van der Waals surface area contributed by atoms with Crippen LogP contribution in [0.25, 0.3) is 0 Å². The van der Waals surface area contributed by atoms with E-state index in [9.17, 15) is 18.0 Å². The Morgan fingerprint density at radius 3 is 2.65 bits per heavy atom. The summed E-state index contributed by atoms with van der Waals surface area (Å²) in [6, 6.07) is 5.19. The average Bonchev–Trinajstić information content (AvgIpc) is 2.36. The van der Waals surface area contributed by atoms with E-state index in [1.54, 1.807) is 24.9 Å². The Morgan fingerprint density at radius 2 is 2.05 bits per heavy atom. The van der Waals surface area contributed by atoms with Crippen molar-refractivity contribution in [3.63, 3.8) is 0 Å². The lowest BCUT2D eigenvalue weighted by atomic mass is 10.1. The Balaban J connectivity index is 2.54. The van der Waals surface area contributed by atoms with Crippen LogP contribution in [-0.2, 0) is 22.3 Å². The number of rotatable bonds is 6. The number of ether oxygens (including phenoxy) is 1.